The fourth-order valence-electron chi connectivity index (χ4n) is 4.95. The van der Waals surface area contributed by atoms with Gasteiger partial charge in [-0.2, -0.15) is 0 Å². The monoisotopic (exact) mass is 464 g/mol. The lowest BCUT2D eigenvalue weighted by molar-refractivity contribution is -0.123. The highest BCUT2D eigenvalue weighted by molar-refractivity contribution is 5.86. The van der Waals surface area contributed by atoms with Gasteiger partial charge in [0.25, 0.3) is 5.91 Å². The van der Waals surface area contributed by atoms with Gasteiger partial charge in [0, 0.05) is 0 Å². The molecular weight excluding hydrogens is 440 g/mol. The molecule has 0 aromatic heterocycles. The second kappa shape index (κ2) is 9.44. The van der Waals surface area contributed by atoms with Gasteiger partial charge in [0.2, 0.25) is 0 Å². The lowest BCUT2D eigenvalue weighted by Gasteiger charge is -2.34. The Morgan fingerprint density at radius 3 is 1.71 bits per heavy atom. The van der Waals surface area contributed by atoms with E-state index in [1.54, 1.807) is 0 Å². The van der Waals surface area contributed by atoms with E-state index in [0.717, 1.165) is 17.4 Å². The van der Waals surface area contributed by atoms with Gasteiger partial charge in [-0.05, 0) is 57.6 Å². The van der Waals surface area contributed by atoms with Crippen LogP contribution in [0, 0.1) is 0 Å². The molecule has 1 aliphatic rings. The minimum absolute atomic E-state index is 0.0137. The first-order chi connectivity index (χ1) is 17.2. The Bertz CT molecular complexity index is 1320. The van der Waals surface area contributed by atoms with Crippen LogP contribution >= 0.6 is 0 Å². The Kier molecular flexibility index (Phi) is 6.04. The van der Waals surface area contributed by atoms with E-state index in [4.69, 9.17) is 15.3 Å². The number of benzene rings is 4. The lowest BCUT2D eigenvalue weighted by Crippen LogP contribution is -2.34. The van der Waals surface area contributed by atoms with Crippen molar-refractivity contribution in [1.29, 1.82) is 0 Å². The number of nitrogens with two attached hydrogens (primary N) is 1. The van der Waals surface area contributed by atoms with Crippen molar-refractivity contribution in [2.75, 3.05) is 13.2 Å². The summed E-state index contributed by atoms with van der Waals surface area (Å²) in [6, 6.07) is 32.6. The van der Waals surface area contributed by atoms with E-state index in [9.17, 15) is 9.59 Å². The summed E-state index contributed by atoms with van der Waals surface area (Å²) in [6.07, 6.45) is 0.736. The maximum absolute atomic E-state index is 11.5. The normalized spacial score (nSPS) is 12.8. The largest absolute Gasteiger partial charge is 0.486 e. The average Bonchev–Trinajstić information content (AvgIpc) is 3.22. The molecule has 0 spiro atoms. The summed E-state index contributed by atoms with van der Waals surface area (Å²) in [7, 11) is 0. The average molecular weight is 465 g/mol. The second-order valence-corrected chi connectivity index (χ2v) is 8.22. The van der Waals surface area contributed by atoms with Gasteiger partial charge in [0.15, 0.2) is 12.9 Å². The summed E-state index contributed by atoms with van der Waals surface area (Å²) < 4.78 is 11.1. The highest BCUT2D eigenvalue weighted by Crippen LogP contribution is 2.56. The van der Waals surface area contributed by atoms with Crippen LogP contribution in [0.15, 0.2) is 97.1 Å². The Labute approximate surface area is 203 Å². The van der Waals surface area contributed by atoms with Crippen molar-refractivity contribution in [3.8, 4) is 22.6 Å². The van der Waals surface area contributed by atoms with Gasteiger partial charge in [0.05, 0.1) is 5.41 Å². The summed E-state index contributed by atoms with van der Waals surface area (Å²) >= 11 is 0. The van der Waals surface area contributed by atoms with E-state index in [0.29, 0.717) is 11.5 Å². The van der Waals surface area contributed by atoms with Crippen LogP contribution in [0.3, 0.4) is 0 Å². The van der Waals surface area contributed by atoms with Crippen molar-refractivity contribution in [3.05, 3.63) is 119 Å². The molecule has 6 heteroatoms. The molecule has 1 aliphatic carbocycles. The number of ether oxygens (including phenoxy) is 2. The fraction of sp³-hybridized carbons (Fsp3) is 0.103. The number of aldehydes is 1. The van der Waals surface area contributed by atoms with Gasteiger partial charge < -0.3 is 9.47 Å². The highest BCUT2D eigenvalue weighted by atomic mass is 16.5. The first kappa shape index (κ1) is 22.4. The zero-order valence-electron chi connectivity index (χ0n) is 18.9. The predicted molar refractivity (Wildman–Crippen MR) is 133 cm³/mol. The van der Waals surface area contributed by atoms with Crippen LogP contribution < -0.4 is 20.7 Å². The van der Waals surface area contributed by atoms with E-state index in [2.05, 4.69) is 66.1 Å². The molecule has 0 fully saturated rings. The maximum Gasteiger partial charge on any atom is 0.271 e. The van der Waals surface area contributed by atoms with Crippen LogP contribution in [0.2, 0.25) is 0 Å². The number of hydrogen-bond acceptors (Lipinski definition) is 5. The zero-order chi connectivity index (χ0) is 24.3. The topological polar surface area (TPSA) is 90.7 Å². The van der Waals surface area contributed by atoms with E-state index in [1.165, 1.54) is 22.3 Å². The Hall–Kier alpha value is -4.42. The third-order valence-electron chi connectivity index (χ3n) is 6.38. The summed E-state index contributed by atoms with van der Waals surface area (Å²) in [5.74, 6) is 5.96. The molecule has 4 aromatic carbocycles. The van der Waals surface area contributed by atoms with Crippen molar-refractivity contribution in [1.82, 2.24) is 5.43 Å². The van der Waals surface area contributed by atoms with Gasteiger partial charge in [-0.3, -0.25) is 15.0 Å². The molecule has 0 unspecified atom stereocenters. The minimum Gasteiger partial charge on any atom is -0.486 e. The highest BCUT2D eigenvalue weighted by Gasteiger charge is 2.45. The summed E-state index contributed by atoms with van der Waals surface area (Å²) in [6.45, 7) is -0.144. The molecule has 6 nitrogen and oxygen atoms in total. The van der Waals surface area contributed by atoms with Crippen molar-refractivity contribution in [3.63, 3.8) is 0 Å². The van der Waals surface area contributed by atoms with Crippen molar-refractivity contribution in [2.24, 2.45) is 5.84 Å². The zero-order valence-corrected chi connectivity index (χ0v) is 18.9. The third-order valence-corrected chi connectivity index (χ3v) is 6.38. The fourth-order valence-corrected chi connectivity index (χ4v) is 4.95. The standard InChI is InChI=1S/C29H24N2O4/c30-31-28(33)19-35-23-15-11-21(12-16-23)29(20-9-13-22(14-10-20)34-18-17-32)26-7-3-1-5-24(26)25-6-2-4-8-27(25)29/h1-17H,18-19,30H2,(H,31,33). The molecule has 0 radical (unpaired) electrons. The molecular formula is C29H24N2O4. The van der Waals surface area contributed by atoms with Crippen LogP contribution in [0.1, 0.15) is 22.3 Å². The number of hydrogen-bond donors (Lipinski definition) is 2. The number of carbonyl (C=O) groups excluding carboxylic acids is 2. The predicted octanol–water partition coefficient (Wildman–Crippen LogP) is 4.00. The van der Waals surface area contributed by atoms with Crippen molar-refractivity contribution in [2.45, 2.75) is 5.41 Å². The van der Waals surface area contributed by atoms with Crippen LogP contribution in [-0.4, -0.2) is 25.4 Å². The third kappa shape index (κ3) is 3.84. The second-order valence-electron chi connectivity index (χ2n) is 8.22. The SMILES string of the molecule is NNC(=O)COc1ccc(C2(c3ccc(OCC=O)cc3)c3ccccc3-c3ccccc32)cc1. The van der Waals surface area contributed by atoms with Crippen LogP contribution in [0.25, 0.3) is 11.1 Å². The molecule has 0 saturated carbocycles. The van der Waals surface area contributed by atoms with E-state index in [-0.39, 0.29) is 13.2 Å². The molecule has 0 bridgehead atoms. The number of carbonyl (C=O) groups is 2. The van der Waals surface area contributed by atoms with Gasteiger partial charge in [-0.1, -0.05) is 72.8 Å². The minimum atomic E-state index is -0.566. The van der Waals surface area contributed by atoms with Gasteiger partial charge in [-0.25, -0.2) is 5.84 Å². The molecule has 174 valence electrons. The van der Waals surface area contributed by atoms with Gasteiger partial charge >= 0.3 is 0 Å². The van der Waals surface area contributed by atoms with Crippen LogP contribution in [0.5, 0.6) is 11.5 Å². The molecule has 0 atom stereocenters. The molecule has 0 aliphatic heterocycles. The molecule has 5 rings (SSSR count). The van der Waals surface area contributed by atoms with Crippen LogP contribution in [-0.2, 0) is 15.0 Å². The molecule has 3 N–H and O–H groups in total. The molecule has 1 amide bonds. The number of amides is 1. The Morgan fingerprint density at radius 2 is 1.23 bits per heavy atom. The summed E-state index contributed by atoms with van der Waals surface area (Å²) in [4.78, 5) is 22.2. The van der Waals surface area contributed by atoms with Gasteiger partial charge in [0.1, 0.15) is 18.1 Å². The number of nitrogens with one attached hydrogen (secondary N) is 1. The van der Waals surface area contributed by atoms with Crippen molar-refractivity contribution < 1.29 is 19.1 Å². The van der Waals surface area contributed by atoms with E-state index >= 15 is 0 Å². The smallest absolute Gasteiger partial charge is 0.271 e. The lowest BCUT2D eigenvalue weighted by atomic mass is 9.68. The molecule has 0 heterocycles. The maximum atomic E-state index is 11.5. The number of rotatable bonds is 8. The number of fused-ring (bicyclic) bond motifs is 3. The first-order valence-corrected chi connectivity index (χ1v) is 11.3. The Morgan fingerprint density at radius 1 is 0.743 bits per heavy atom. The van der Waals surface area contributed by atoms with E-state index < -0.39 is 11.3 Å². The number of hydrazine groups is 1. The van der Waals surface area contributed by atoms with Crippen LogP contribution in [0.4, 0.5) is 0 Å². The Balaban J connectivity index is 1.67. The summed E-state index contributed by atoms with van der Waals surface area (Å²) in [5, 5.41) is 0. The molecule has 4 aromatic rings. The summed E-state index contributed by atoms with van der Waals surface area (Å²) in [5.41, 5.74) is 8.36. The quantitative estimate of drug-likeness (QED) is 0.157. The molecule has 0 saturated heterocycles. The molecule has 35 heavy (non-hydrogen) atoms. The van der Waals surface area contributed by atoms with Crippen molar-refractivity contribution >= 4 is 12.2 Å². The van der Waals surface area contributed by atoms with E-state index in [1.807, 2.05) is 36.4 Å². The van der Waals surface area contributed by atoms with Gasteiger partial charge in [-0.15, -0.1) is 0 Å². The first-order valence-electron chi connectivity index (χ1n) is 11.3.